The summed E-state index contributed by atoms with van der Waals surface area (Å²) in [6.07, 6.45) is 15.4. The number of nitrogens with zero attached hydrogens (tertiary/aromatic N) is 4. The van der Waals surface area contributed by atoms with Gasteiger partial charge in [-0.15, -0.1) is 0 Å². The summed E-state index contributed by atoms with van der Waals surface area (Å²) in [6, 6.07) is 6.17. The molecule has 0 saturated heterocycles. The zero-order valence-corrected chi connectivity index (χ0v) is 13.6. The molecule has 0 aromatic carbocycles. The van der Waals surface area contributed by atoms with Crippen LogP contribution in [0.25, 0.3) is 0 Å². The van der Waals surface area contributed by atoms with Crippen LogP contribution in [0.4, 0.5) is 0 Å². The van der Waals surface area contributed by atoms with Gasteiger partial charge in [0.2, 0.25) is 0 Å². The van der Waals surface area contributed by atoms with Crippen LogP contribution in [0, 0.1) is 0 Å². The van der Waals surface area contributed by atoms with Gasteiger partial charge < -0.3 is 0 Å². The average Bonchev–Trinajstić information content (AvgIpc) is 2.58. The SMILES string of the molecule is C(=NCCCCN=C=NC1CCCCC1)=NC1=CCCCC1. The molecule has 0 N–H and O–H groups in total. The summed E-state index contributed by atoms with van der Waals surface area (Å²) in [4.78, 5) is 17.1. The fourth-order valence-corrected chi connectivity index (χ4v) is 2.84. The van der Waals surface area contributed by atoms with Gasteiger partial charge >= 0.3 is 0 Å². The van der Waals surface area contributed by atoms with Crippen molar-refractivity contribution in [2.45, 2.75) is 76.7 Å². The van der Waals surface area contributed by atoms with Crippen molar-refractivity contribution in [2.75, 3.05) is 13.1 Å². The summed E-state index contributed by atoms with van der Waals surface area (Å²) in [6.45, 7) is 1.58. The van der Waals surface area contributed by atoms with Gasteiger partial charge in [0.1, 0.15) is 0 Å². The topological polar surface area (TPSA) is 49.4 Å². The Morgan fingerprint density at radius 1 is 0.909 bits per heavy atom. The first-order valence-corrected chi connectivity index (χ1v) is 8.88. The third kappa shape index (κ3) is 7.49. The Kier molecular flexibility index (Phi) is 8.52. The van der Waals surface area contributed by atoms with E-state index in [4.69, 9.17) is 0 Å². The molecule has 2 aliphatic rings. The number of allylic oxidation sites excluding steroid dienone is 2. The first-order valence-electron chi connectivity index (χ1n) is 8.88. The van der Waals surface area contributed by atoms with Crippen LogP contribution in [0.1, 0.15) is 70.6 Å². The van der Waals surface area contributed by atoms with Crippen LogP contribution >= 0.6 is 0 Å². The summed E-state index contributed by atoms with van der Waals surface area (Å²) in [5, 5.41) is 0. The minimum atomic E-state index is 0.479. The van der Waals surface area contributed by atoms with Gasteiger partial charge in [-0.3, -0.25) is 0 Å². The molecule has 2 aliphatic carbocycles. The molecule has 2 rings (SSSR count). The molecule has 120 valence electrons. The van der Waals surface area contributed by atoms with Crippen molar-refractivity contribution < 1.29 is 0 Å². The van der Waals surface area contributed by atoms with E-state index in [-0.39, 0.29) is 0 Å². The van der Waals surface area contributed by atoms with Crippen LogP contribution in [-0.4, -0.2) is 31.1 Å². The van der Waals surface area contributed by atoms with Gasteiger partial charge in [-0.1, -0.05) is 25.3 Å². The molecule has 0 amide bonds. The lowest BCUT2D eigenvalue weighted by Crippen LogP contribution is -2.08. The summed E-state index contributed by atoms with van der Waals surface area (Å²) in [7, 11) is 0. The minimum Gasteiger partial charge on any atom is -0.226 e. The fourth-order valence-electron chi connectivity index (χ4n) is 2.84. The first kappa shape index (κ1) is 16.9. The highest BCUT2D eigenvalue weighted by atomic mass is 14.8. The Bertz CT molecular complexity index is 459. The Labute approximate surface area is 134 Å². The molecule has 0 atom stereocenters. The van der Waals surface area contributed by atoms with E-state index < -0.39 is 0 Å². The van der Waals surface area contributed by atoms with Crippen LogP contribution in [0.5, 0.6) is 0 Å². The zero-order valence-electron chi connectivity index (χ0n) is 13.6. The first-order chi connectivity index (χ1) is 10.9. The third-order valence-electron chi connectivity index (χ3n) is 4.21. The molecule has 22 heavy (non-hydrogen) atoms. The largest absolute Gasteiger partial charge is 0.226 e. The number of hydrogen-bond acceptors (Lipinski definition) is 4. The van der Waals surface area contributed by atoms with E-state index in [2.05, 4.69) is 38.1 Å². The second-order valence-corrected chi connectivity index (χ2v) is 6.14. The Balaban J connectivity index is 1.52. The molecule has 0 radical (unpaired) electrons. The predicted octanol–water partition coefficient (Wildman–Crippen LogP) is 4.91. The van der Waals surface area contributed by atoms with Gasteiger partial charge in [-0.2, -0.15) is 4.99 Å². The third-order valence-corrected chi connectivity index (χ3v) is 4.21. The standard InChI is InChI=1S/C18H28N4/c1-3-9-17(10-4-1)21-15-19-13-7-8-14-20-16-22-18-11-5-2-6-12-18/h9,18H,1-8,10-14H2. The number of hydrogen-bond donors (Lipinski definition) is 0. The minimum absolute atomic E-state index is 0.479. The van der Waals surface area contributed by atoms with Gasteiger partial charge in [0.25, 0.3) is 0 Å². The van der Waals surface area contributed by atoms with Gasteiger partial charge in [0, 0.05) is 18.8 Å². The average molecular weight is 300 g/mol. The molecule has 0 aliphatic heterocycles. The van der Waals surface area contributed by atoms with E-state index in [1.54, 1.807) is 0 Å². The van der Waals surface area contributed by atoms with Gasteiger partial charge in [0.05, 0.1) is 18.1 Å². The fraction of sp³-hybridized carbons (Fsp3) is 0.778. The molecule has 4 heteroatoms. The van der Waals surface area contributed by atoms with Crippen molar-refractivity contribution in [1.29, 1.82) is 0 Å². The number of rotatable bonds is 7. The Morgan fingerprint density at radius 2 is 1.68 bits per heavy atom. The molecule has 0 heterocycles. The van der Waals surface area contributed by atoms with Crippen LogP contribution in [0.15, 0.2) is 31.7 Å². The van der Waals surface area contributed by atoms with Crippen molar-refractivity contribution in [3.63, 3.8) is 0 Å². The highest BCUT2D eigenvalue weighted by Crippen LogP contribution is 2.19. The second-order valence-electron chi connectivity index (χ2n) is 6.14. The van der Waals surface area contributed by atoms with Crippen LogP contribution in [-0.2, 0) is 0 Å². The molecule has 1 saturated carbocycles. The maximum atomic E-state index is 4.41. The number of aliphatic imine (C=N–C) groups is 4. The summed E-state index contributed by atoms with van der Waals surface area (Å²) >= 11 is 0. The maximum Gasteiger partial charge on any atom is 0.0945 e. The monoisotopic (exact) mass is 300 g/mol. The highest BCUT2D eigenvalue weighted by Gasteiger charge is 2.10. The molecule has 0 bridgehead atoms. The number of unbranched alkanes of at least 4 members (excludes halogenated alkanes) is 1. The normalized spacial score (nSPS) is 18.6. The van der Waals surface area contributed by atoms with Crippen LogP contribution < -0.4 is 0 Å². The highest BCUT2D eigenvalue weighted by molar-refractivity contribution is 5.44. The molecule has 0 unspecified atom stereocenters. The Morgan fingerprint density at radius 3 is 2.41 bits per heavy atom. The smallest absolute Gasteiger partial charge is 0.0945 e. The van der Waals surface area contributed by atoms with Gasteiger partial charge in [-0.25, -0.2) is 15.0 Å². The second kappa shape index (κ2) is 11.1. The lowest BCUT2D eigenvalue weighted by molar-refractivity contribution is 0.444. The van der Waals surface area contributed by atoms with E-state index in [1.165, 1.54) is 44.9 Å². The van der Waals surface area contributed by atoms with Crippen molar-refractivity contribution >= 4 is 12.0 Å². The van der Waals surface area contributed by atoms with Gasteiger partial charge in [-0.05, 0) is 51.4 Å². The molecular weight excluding hydrogens is 272 g/mol. The van der Waals surface area contributed by atoms with E-state index in [1.807, 2.05) is 0 Å². The van der Waals surface area contributed by atoms with Crippen molar-refractivity contribution in [1.82, 2.24) is 0 Å². The van der Waals surface area contributed by atoms with E-state index >= 15 is 0 Å². The lowest BCUT2D eigenvalue weighted by atomic mass is 9.96. The Hall–Kier alpha value is -1.50. The van der Waals surface area contributed by atoms with Crippen LogP contribution in [0.3, 0.4) is 0 Å². The zero-order chi connectivity index (χ0) is 15.3. The van der Waals surface area contributed by atoms with E-state index in [0.717, 1.165) is 44.5 Å². The van der Waals surface area contributed by atoms with E-state index in [9.17, 15) is 0 Å². The molecule has 0 aromatic rings. The molecular formula is C18H28N4. The maximum absolute atomic E-state index is 4.41. The van der Waals surface area contributed by atoms with Crippen LogP contribution in [0.2, 0.25) is 0 Å². The lowest BCUT2D eigenvalue weighted by Gasteiger charge is -2.15. The molecule has 1 fully saturated rings. The molecule has 0 spiro atoms. The quantitative estimate of drug-likeness (QED) is 0.474. The van der Waals surface area contributed by atoms with E-state index in [0.29, 0.717) is 6.04 Å². The molecule has 0 aromatic heterocycles. The van der Waals surface area contributed by atoms with Gasteiger partial charge in [0.15, 0.2) is 0 Å². The summed E-state index contributed by atoms with van der Waals surface area (Å²) in [5.74, 6) is 0. The summed E-state index contributed by atoms with van der Waals surface area (Å²) in [5.41, 5.74) is 1.15. The van der Waals surface area contributed by atoms with Crippen molar-refractivity contribution in [3.8, 4) is 0 Å². The summed E-state index contributed by atoms with van der Waals surface area (Å²) < 4.78 is 0. The van der Waals surface area contributed by atoms with Crippen molar-refractivity contribution in [2.24, 2.45) is 20.0 Å². The molecule has 4 nitrogen and oxygen atoms in total. The van der Waals surface area contributed by atoms with Crippen molar-refractivity contribution in [3.05, 3.63) is 11.8 Å². The predicted molar refractivity (Wildman–Crippen MR) is 92.1 cm³/mol.